The lowest BCUT2D eigenvalue weighted by molar-refractivity contribution is -0.138. The molecule has 0 aliphatic heterocycles. The summed E-state index contributed by atoms with van der Waals surface area (Å²) in [5.74, 6) is -0.0797. The van der Waals surface area contributed by atoms with E-state index in [4.69, 9.17) is 10.8 Å². The second-order valence-electron chi connectivity index (χ2n) is 3.55. The lowest BCUT2D eigenvalue weighted by Crippen LogP contribution is -2.17. The molecule has 0 unspecified atom stereocenters. The molecule has 16 heavy (non-hydrogen) atoms. The molecule has 0 aliphatic carbocycles. The molecular formula is C10H21N3O2S. The largest absolute Gasteiger partial charge is 0.480 e. The normalized spacial score (nSPS) is 13.1. The van der Waals surface area contributed by atoms with E-state index in [0.29, 0.717) is 19.5 Å². The van der Waals surface area contributed by atoms with Gasteiger partial charge in [-0.05, 0) is 44.4 Å². The Balaban J connectivity index is 3.79. The minimum Gasteiger partial charge on any atom is -0.480 e. The van der Waals surface area contributed by atoms with Crippen LogP contribution >= 0.6 is 12.6 Å². The summed E-state index contributed by atoms with van der Waals surface area (Å²) in [5, 5.41) is 16.6. The van der Waals surface area contributed by atoms with Gasteiger partial charge < -0.3 is 10.8 Å². The lowest BCUT2D eigenvalue weighted by atomic mass is 10.1. The highest BCUT2D eigenvalue weighted by molar-refractivity contribution is 7.80. The van der Waals surface area contributed by atoms with Crippen molar-refractivity contribution in [3.63, 3.8) is 0 Å². The van der Waals surface area contributed by atoms with Gasteiger partial charge in [-0.2, -0.15) is 22.9 Å². The number of rotatable bonds is 10. The molecule has 94 valence electrons. The second kappa shape index (κ2) is 10.9. The van der Waals surface area contributed by atoms with Gasteiger partial charge in [-0.3, -0.25) is 0 Å². The Bertz CT molecular complexity index is 212. The van der Waals surface area contributed by atoms with Crippen LogP contribution in [-0.4, -0.2) is 36.0 Å². The SMILES string of the molecule is NCCCC[C@H](N=NCCCCS)C(=O)O. The van der Waals surface area contributed by atoms with E-state index in [2.05, 4.69) is 22.9 Å². The summed E-state index contributed by atoms with van der Waals surface area (Å²) >= 11 is 4.07. The van der Waals surface area contributed by atoms with Gasteiger partial charge in [0.1, 0.15) is 0 Å². The molecule has 0 heterocycles. The first kappa shape index (κ1) is 15.4. The van der Waals surface area contributed by atoms with Gasteiger partial charge in [0.15, 0.2) is 6.04 Å². The van der Waals surface area contributed by atoms with Gasteiger partial charge in [0.25, 0.3) is 0 Å². The third-order valence-corrected chi connectivity index (χ3v) is 2.42. The van der Waals surface area contributed by atoms with Gasteiger partial charge in [0.2, 0.25) is 0 Å². The summed E-state index contributed by atoms with van der Waals surface area (Å²) in [7, 11) is 0. The molecule has 0 rings (SSSR count). The molecule has 3 N–H and O–H groups in total. The maximum atomic E-state index is 10.8. The number of unbranched alkanes of at least 4 members (excludes halogenated alkanes) is 2. The molecule has 6 heteroatoms. The Morgan fingerprint density at radius 1 is 1.31 bits per heavy atom. The van der Waals surface area contributed by atoms with E-state index in [1.807, 2.05) is 0 Å². The second-order valence-corrected chi connectivity index (χ2v) is 4.00. The molecule has 0 bridgehead atoms. The average Bonchev–Trinajstić information content (AvgIpc) is 2.26. The first-order valence-corrected chi connectivity index (χ1v) is 6.26. The Labute approximate surface area is 102 Å². The number of carboxylic acids is 1. The van der Waals surface area contributed by atoms with Crippen molar-refractivity contribution in [1.82, 2.24) is 0 Å². The Morgan fingerprint density at radius 3 is 2.62 bits per heavy atom. The third-order valence-electron chi connectivity index (χ3n) is 2.10. The molecule has 0 aromatic heterocycles. The zero-order valence-electron chi connectivity index (χ0n) is 9.51. The van der Waals surface area contributed by atoms with E-state index in [1.54, 1.807) is 0 Å². The van der Waals surface area contributed by atoms with Crippen LogP contribution in [0.4, 0.5) is 0 Å². The number of hydrogen-bond donors (Lipinski definition) is 3. The number of nitrogens with two attached hydrogens (primary N) is 1. The highest BCUT2D eigenvalue weighted by Crippen LogP contribution is 2.06. The van der Waals surface area contributed by atoms with Crippen LogP contribution < -0.4 is 5.73 Å². The van der Waals surface area contributed by atoms with Crippen LogP contribution in [0.25, 0.3) is 0 Å². The molecule has 0 fully saturated rings. The van der Waals surface area contributed by atoms with Gasteiger partial charge >= 0.3 is 5.97 Å². The van der Waals surface area contributed by atoms with Crippen molar-refractivity contribution in [2.75, 3.05) is 18.8 Å². The minimum atomic E-state index is -0.907. The highest BCUT2D eigenvalue weighted by Gasteiger charge is 2.15. The molecule has 1 atom stereocenters. The number of hydrogen-bond acceptors (Lipinski definition) is 5. The van der Waals surface area contributed by atoms with Crippen LogP contribution in [-0.2, 0) is 4.79 Å². The number of azo groups is 1. The van der Waals surface area contributed by atoms with Gasteiger partial charge in [-0.25, -0.2) is 4.79 Å². The van der Waals surface area contributed by atoms with Crippen LogP contribution in [0.2, 0.25) is 0 Å². The van der Waals surface area contributed by atoms with Crippen LogP contribution in [0.1, 0.15) is 32.1 Å². The van der Waals surface area contributed by atoms with Crippen molar-refractivity contribution in [2.45, 2.75) is 38.1 Å². The van der Waals surface area contributed by atoms with Crippen molar-refractivity contribution in [2.24, 2.45) is 16.0 Å². The monoisotopic (exact) mass is 247 g/mol. The summed E-state index contributed by atoms with van der Waals surface area (Å²) in [4.78, 5) is 10.8. The predicted octanol–water partition coefficient (Wildman–Crippen LogP) is 1.73. The summed E-state index contributed by atoms with van der Waals surface area (Å²) in [5.41, 5.74) is 5.34. The molecule has 0 spiro atoms. The fourth-order valence-corrected chi connectivity index (χ4v) is 1.39. The first-order chi connectivity index (χ1) is 7.72. The van der Waals surface area contributed by atoms with E-state index >= 15 is 0 Å². The van der Waals surface area contributed by atoms with Crippen molar-refractivity contribution < 1.29 is 9.90 Å². The van der Waals surface area contributed by atoms with Gasteiger partial charge in [0, 0.05) is 0 Å². The quantitative estimate of drug-likeness (QED) is 0.312. The summed E-state index contributed by atoms with van der Waals surface area (Å²) < 4.78 is 0. The van der Waals surface area contributed by atoms with E-state index in [9.17, 15) is 4.79 Å². The predicted molar refractivity (Wildman–Crippen MR) is 67.1 cm³/mol. The summed E-state index contributed by atoms with van der Waals surface area (Å²) in [6.07, 6.45) is 4.01. The van der Waals surface area contributed by atoms with E-state index < -0.39 is 12.0 Å². The van der Waals surface area contributed by atoms with Gasteiger partial charge in [-0.1, -0.05) is 0 Å². The van der Waals surface area contributed by atoms with Crippen molar-refractivity contribution >= 4 is 18.6 Å². The van der Waals surface area contributed by atoms with Crippen molar-refractivity contribution in [3.8, 4) is 0 Å². The number of carboxylic acid groups (broad SMARTS) is 1. The van der Waals surface area contributed by atoms with Gasteiger partial charge in [-0.15, -0.1) is 0 Å². The summed E-state index contributed by atoms with van der Waals surface area (Å²) in [6, 6.07) is -0.706. The maximum absolute atomic E-state index is 10.8. The Morgan fingerprint density at radius 2 is 2.06 bits per heavy atom. The molecule has 0 radical (unpaired) electrons. The number of nitrogens with zero attached hydrogens (tertiary/aromatic N) is 2. The number of thiol groups is 1. The smallest absolute Gasteiger partial charge is 0.330 e. The van der Waals surface area contributed by atoms with E-state index in [0.717, 1.165) is 31.4 Å². The fraction of sp³-hybridized carbons (Fsp3) is 0.900. The molecule has 0 aromatic carbocycles. The van der Waals surface area contributed by atoms with E-state index in [-0.39, 0.29) is 0 Å². The minimum absolute atomic E-state index is 0.516. The molecule has 0 saturated heterocycles. The highest BCUT2D eigenvalue weighted by atomic mass is 32.1. The lowest BCUT2D eigenvalue weighted by Gasteiger charge is -2.05. The number of aliphatic carboxylic acids is 1. The maximum Gasteiger partial charge on any atom is 0.330 e. The zero-order chi connectivity index (χ0) is 12.2. The van der Waals surface area contributed by atoms with Crippen molar-refractivity contribution in [1.29, 1.82) is 0 Å². The molecule has 5 nitrogen and oxygen atoms in total. The van der Waals surface area contributed by atoms with Gasteiger partial charge in [0.05, 0.1) is 6.54 Å². The van der Waals surface area contributed by atoms with Crippen LogP contribution in [0.15, 0.2) is 10.2 Å². The Hall–Kier alpha value is -0.620. The molecule has 0 saturated carbocycles. The fourth-order valence-electron chi connectivity index (χ4n) is 1.16. The topological polar surface area (TPSA) is 88.0 Å². The first-order valence-electron chi connectivity index (χ1n) is 5.62. The zero-order valence-corrected chi connectivity index (χ0v) is 10.4. The Kier molecular flexibility index (Phi) is 10.5. The van der Waals surface area contributed by atoms with Crippen LogP contribution in [0.5, 0.6) is 0 Å². The third kappa shape index (κ3) is 8.67. The molecule has 0 aromatic rings. The number of carbonyl (C=O) groups is 1. The molecule has 0 amide bonds. The van der Waals surface area contributed by atoms with E-state index in [1.165, 1.54) is 0 Å². The molecule has 0 aliphatic rings. The van der Waals surface area contributed by atoms with Crippen LogP contribution in [0.3, 0.4) is 0 Å². The average molecular weight is 247 g/mol. The standard InChI is InChI=1S/C10H21N3O2S/c11-6-2-1-5-9(10(14)15)13-12-7-3-4-8-16/h9,16H,1-8,11H2,(H,14,15)/t9-/m0/s1. The van der Waals surface area contributed by atoms with Crippen molar-refractivity contribution in [3.05, 3.63) is 0 Å². The summed E-state index contributed by atoms with van der Waals surface area (Å²) in [6.45, 7) is 1.17. The molecular weight excluding hydrogens is 226 g/mol. The van der Waals surface area contributed by atoms with Crippen LogP contribution in [0, 0.1) is 0 Å².